The number of hydrogen-bond donors (Lipinski definition) is 1. The van der Waals surface area contributed by atoms with Crippen molar-refractivity contribution in [2.75, 3.05) is 6.61 Å². The predicted octanol–water partition coefficient (Wildman–Crippen LogP) is 5.31. The zero-order chi connectivity index (χ0) is 28.1. The lowest BCUT2D eigenvalue weighted by molar-refractivity contribution is -0.255. The first kappa shape index (κ1) is 27.5. The number of aromatic nitrogens is 3. The molecule has 3 heterocycles. The highest BCUT2D eigenvalue weighted by Crippen LogP contribution is 2.42. The van der Waals surface area contributed by atoms with E-state index in [-0.39, 0.29) is 18.4 Å². The van der Waals surface area contributed by atoms with Crippen molar-refractivity contribution >= 4 is 17.2 Å². The van der Waals surface area contributed by atoms with Crippen molar-refractivity contribution in [2.24, 2.45) is 0 Å². The molecule has 41 heavy (non-hydrogen) atoms. The van der Waals surface area contributed by atoms with Gasteiger partial charge in [-0.2, -0.15) is 0 Å². The number of imidazole rings is 1. The maximum atomic E-state index is 12.3. The van der Waals surface area contributed by atoms with Crippen molar-refractivity contribution in [3.05, 3.63) is 137 Å². The van der Waals surface area contributed by atoms with E-state index in [1.807, 2.05) is 91.0 Å². The molecule has 6 rings (SSSR count). The highest BCUT2D eigenvalue weighted by Gasteiger charge is 2.58. The fourth-order valence-corrected chi connectivity index (χ4v) is 5.26. The Morgan fingerprint density at radius 3 is 2.02 bits per heavy atom. The zero-order valence-electron chi connectivity index (χ0n) is 22.3. The minimum Gasteiger partial charge on any atom is -0.374 e. The summed E-state index contributed by atoms with van der Waals surface area (Å²) in [6.45, 7) is 1.09. The van der Waals surface area contributed by atoms with Crippen LogP contribution in [0.2, 0.25) is 5.15 Å². The van der Waals surface area contributed by atoms with Crippen molar-refractivity contribution < 1.29 is 24.1 Å². The van der Waals surface area contributed by atoms with Gasteiger partial charge in [-0.25, -0.2) is 9.97 Å². The van der Waals surface area contributed by atoms with Crippen LogP contribution in [0.25, 0.3) is 5.65 Å². The van der Waals surface area contributed by atoms with Crippen molar-refractivity contribution in [2.45, 2.75) is 43.9 Å². The zero-order valence-corrected chi connectivity index (χ0v) is 23.0. The van der Waals surface area contributed by atoms with Crippen LogP contribution < -0.4 is 0 Å². The number of nitrogens with zero attached hydrogens (tertiary/aromatic N) is 3. The Balaban J connectivity index is 1.33. The Labute approximate surface area is 243 Å². The van der Waals surface area contributed by atoms with Crippen LogP contribution in [0.1, 0.15) is 22.4 Å². The van der Waals surface area contributed by atoms with Crippen LogP contribution in [0.3, 0.4) is 0 Å². The number of benzene rings is 3. The van der Waals surface area contributed by atoms with Crippen molar-refractivity contribution in [1.29, 1.82) is 0 Å². The summed E-state index contributed by atoms with van der Waals surface area (Å²) in [5.41, 5.74) is 3.72. The number of ether oxygens (including phenoxy) is 4. The van der Waals surface area contributed by atoms with E-state index in [1.54, 1.807) is 16.8 Å². The molecule has 1 fully saturated rings. The van der Waals surface area contributed by atoms with Crippen molar-refractivity contribution in [3.8, 4) is 0 Å². The van der Waals surface area contributed by atoms with Crippen molar-refractivity contribution in [3.63, 3.8) is 0 Å². The van der Waals surface area contributed by atoms with Gasteiger partial charge in [0, 0.05) is 12.4 Å². The third-order valence-corrected chi connectivity index (χ3v) is 7.35. The lowest BCUT2D eigenvalue weighted by atomic mass is 10.0. The van der Waals surface area contributed by atoms with Gasteiger partial charge in [0.15, 0.2) is 10.8 Å². The van der Waals surface area contributed by atoms with Crippen molar-refractivity contribution in [1.82, 2.24) is 14.4 Å². The summed E-state index contributed by atoms with van der Waals surface area (Å²) in [5.74, 6) is -1.93. The molecule has 5 aromatic rings. The number of aliphatic hydroxyl groups is 1. The Hall–Kier alpha value is -3.63. The molecule has 1 aliphatic rings. The van der Waals surface area contributed by atoms with Gasteiger partial charge in [0.2, 0.25) is 5.79 Å². The van der Waals surface area contributed by atoms with E-state index >= 15 is 0 Å². The maximum Gasteiger partial charge on any atom is 0.240 e. The SMILES string of the molecule is OC1(c2cnc3c(Cl)nccn23)OC(COCc2ccccc2)[C@@H](OCc2ccccc2)[C@H]1OCc1ccccc1. The van der Waals surface area contributed by atoms with Crippen LogP contribution in [0.4, 0.5) is 0 Å². The van der Waals surface area contributed by atoms with E-state index in [0.29, 0.717) is 24.6 Å². The highest BCUT2D eigenvalue weighted by atomic mass is 35.5. The molecule has 2 aromatic heterocycles. The summed E-state index contributed by atoms with van der Waals surface area (Å²) >= 11 is 6.31. The maximum absolute atomic E-state index is 12.3. The largest absolute Gasteiger partial charge is 0.374 e. The number of rotatable bonds is 11. The Kier molecular flexibility index (Phi) is 8.38. The molecule has 0 aliphatic carbocycles. The minimum absolute atomic E-state index is 0.168. The molecule has 3 aromatic carbocycles. The van der Waals surface area contributed by atoms with Gasteiger partial charge in [0.25, 0.3) is 0 Å². The molecule has 1 N–H and O–H groups in total. The summed E-state index contributed by atoms with van der Waals surface area (Å²) in [7, 11) is 0. The van der Waals surface area contributed by atoms with Crippen LogP contribution in [0.15, 0.2) is 110 Å². The van der Waals surface area contributed by atoms with E-state index in [2.05, 4.69) is 9.97 Å². The molecule has 1 saturated heterocycles. The molecule has 1 aliphatic heterocycles. The molecule has 9 heteroatoms. The molecule has 4 atom stereocenters. The summed E-state index contributed by atoms with van der Waals surface area (Å²) in [4.78, 5) is 8.52. The Bertz CT molecular complexity index is 1550. The Morgan fingerprint density at radius 1 is 0.805 bits per heavy atom. The lowest BCUT2D eigenvalue weighted by Gasteiger charge is -2.30. The molecule has 0 bridgehead atoms. The van der Waals surface area contributed by atoms with Gasteiger partial charge in [-0.3, -0.25) is 4.40 Å². The van der Waals surface area contributed by atoms with E-state index in [9.17, 15) is 5.11 Å². The van der Waals surface area contributed by atoms with Gasteiger partial charge in [0.1, 0.15) is 24.0 Å². The number of halogens is 1. The smallest absolute Gasteiger partial charge is 0.240 e. The normalized spacial score (nSPS) is 22.3. The monoisotopic (exact) mass is 571 g/mol. The molecule has 210 valence electrons. The third kappa shape index (κ3) is 6.04. The summed E-state index contributed by atoms with van der Waals surface area (Å²) in [6, 6.07) is 29.5. The fraction of sp³-hybridized carbons (Fsp3) is 0.250. The van der Waals surface area contributed by atoms with Gasteiger partial charge in [-0.15, -0.1) is 0 Å². The molecular weight excluding hydrogens is 542 g/mol. The van der Waals surface area contributed by atoms with E-state index in [1.165, 1.54) is 6.20 Å². The molecule has 0 radical (unpaired) electrons. The standard InChI is InChI=1S/C32H30ClN3O5/c33-30-31-35-18-27(36(31)17-16-34-30)32(37)29(40-21-25-14-8-3-9-15-25)28(39-20-24-12-6-2-7-13-24)26(41-32)22-38-19-23-10-4-1-5-11-23/h1-18,26,28-29,37H,19-22H2/t26?,28-,29-,32?/m1/s1. The second kappa shape index (κ2) is 12.5. The van der Waals surface area contributed by atoms with Crippen LogP contribution in [-0.4, -0.2) is 44.4 Å². The summed E-state index contributed by atoms with van der Waals surface area (Å²) in [5, 5.41) is 12.5. The second-order valence-corrected chi connectivity index (χ2v) is 10.2. The van der Waals surface area contributed by atoms with Crippen LogP contribution in [0, 0.1) is 0 Å². The number of fused-ring (bicyclic) bond motifs is 1. The van der Waals surface area contributed by atoms with Gasteiger partial charge in [0.05, 0.1) is 32.6 Å². The second-order valence-electron chi connectivity index (χ2n) is 9.89. The predicted molar refractivity (Wildman–Crippen MR) is 153 cm³/mol. The van der Waals surface area contributed by atoms with Crippen LogP contribution in [-0.2, 0) is 44.6 Å². The average Bonchev–Trinajstić information content (AvgIpc) is 3.57. The molecule has 2 unspecified atom stereocenters. The van der Waals surface area contributed by atoms with Gasteiger partial charge >= 0.3 is 0 Å². The van der Waals surface area contributed by atoms with Gasteiger partial charge in [-0.05, 0) is 16.7 Å². The van der Waals surface area contributed by atoms with Crippen LogP contribution >= 0.6 is 11.6 Å². The quantitative estimate of drug-likeness (QED) is 0.230. The van der Waals surface area contributed by atoms with Crippen LogP contribution in [0.5, 0.6) is 0 Å². The molecule has 0 amide bonds. The van der Waals surface area contributed by atoms with Gasteiger partial charge in [-0.1, -0.05) is 103 Å². The summed E-state index contributed by atoms with van der Waals surface area (Å²) < 4.78 is 27.1. The first-order valence-corrected chi connectivity index (χ1v) is 13.8. The molecule has 8 nitrogen and oxygen atoms in total. The third-order valence-electron chi connectivity index (χ3n) is 7.08. The van der Waals surface area contributed by atoms with Gasteiger partial charge < -0.3 is 24.1 Å². The molecule has 0 spiro atoms. The van der Waals surface area contributed by atoms with E-state index < -0.39 is 24.1 Å². The molecular formula is C32H30ClN3O5. The molecule has 0 saturated carbocycles. The lowest BCUT2D eigenvalue weighted by Crippen LogP contribution is -2.44. The average molecular weight is 572 g/mol. The Morgan fingerprint density at radius 2 is 1.39 bits per heavy atom. The highest BCUT2D eigenvalue weighted by molar-refractivity contribution is 6.32. The minimum atomic E-state index is -1.93. The summed E-state index contributed by atoms with van der Waals surface area (Å²) in [6.07, 6.45) is 2.49. The van der Waals surface area contributed by atoms with E-state index in [4.69, 9.17) is 30.5 Å². The fourth-order valence-electron chi connectivity index (χ4n) is 5.07. The first-order valence-electron chi connectivity index (χ1n) is 13.4. The topological polar surface area (TPSA) is 87.3 Å². The number of hydrogen-bond acceptors (Lipinski definition) is 7. The van der Waals surface area contributed by atoms with E-state index in [0.717, 1.165) is 16.7 Å². The first-order chi connectivity index (χ1) is 20.1.